The third-order valence-electron chi connectivity index (χ3n) is 4.80. The number of fused-ring (bicyclic) bond motifs is 2. The summed E-state index contributed by atoms with van der Waals surface area (Å²) in [4.78, 5) is 19.2. The predicted molar refractivity (Wildman–Crippen MR) is 113 cm³/mol. The van der Waals surface area contributed by atoms with Crippen molar-refractivity contribution in [2.45, 2.75) is 6.54 Å². The Kier molecular flexibility index (Phi) is 4.68. The minimum absolute atomic E-state index is 0.0634. The van der Waals surface area contributed by atoms with Gasteiger partial charge in [-0.3, -0.25) is 10.1 Å². The van der Waals surface area contributed by atoms with Gasteiger partial charge in [0.2, 0.25) is 12.6 Å². The molecule has 1 N–H and O–H groups in total. The fourth-order valence-electron chi connectivity index (χ4n) is 3.31. The average molecular weight is 416 g/mol. The number of ether oxygens (including phenoxy) is 3. The maximum Gasteiger partial charge on any atom is 0.373 e. The monoisotopic (exact) mass is 416 g/mol. The van der Waals surface area contributed by atoms with E-state index in [0.29, 0.717) is 23.8 Å². The van der Waals surface area contributed by atoms with E-state index in [1.54, 1.807) is 18.2 Å². The Morgan fingerprint density at radius 2 is 1.84 bits per heavy atom. The van der Waals surface area contributed by atoms with Crippen LogP contribution in [-0.4, -0.2) is 21.7 Å². The lowest BCUT2D eigenvalue weighted by molar-refractivity contribution is -0.385. The van der Waals surface area contributed by atoms with Crippen LogP contribution in [0.25, 0.3) is 10.8 Å². The molecular weight excluding hydrogens is 400 g/mol. The number of aromatic nitrogens is 2. The van der Waals surface area contributed by atoms with E-state index < -0.39 is 4.92 Å². The van der Waals surface area contributed by atoms with Gasteiger partial charge in [0.05, 0.1) is 4.92 Å². The molecule has 0 bridgehead atoms. The van der Waals surface area contributed by atoms with Crippen LogP contribution in [-0.2, 0) is 6.54 Å². The van der Waals surface area contributed by atoms with Crippen LogP contribution in [0.15, 0.2) is 67.0 Å². The molecule has 9 nitrogen and oxygen atoms in total. The van der Waals surface area contributed by atoms with Gasteiger partial charge < -0.3 is 19.5 Å². The molecule has 3 aromatic carbocycles. The van der Waals surface area contributed by atoms with E-state index in [4.69, 9.17) is 14.2 Å². The lowest BCUT2D eigenvalue weighted by Gasteiger charge is -2.10. The number of hydrogen-bond donors (Lipinski definition) is 1. The molecule has 1 aliphatic heterocycles. The van der Waals surface area contributed by atoms with E-state index in [9.17, 15) is 10.1 Å². The molecule has 31 heavy (non-hydrogen) atoms. The van der Waals surface area contributed by atoms with E-state index in [-0.39, 0.29) is 24.2 Å². The zero-order chi connectivity index (χ0) is 21.2. The number of rotatable bonds is 6. The summed E-state index contributed by atoms with van der Waals surface area (Å²) in [6, 6.07) is 18.7. The summed E-state index contributed by atoms with van der Waals surface area (Å²) in [6.07, 6.45) is 1.23. The number of hydrogen-bond acceptors (Lipinski definition) is 8. The standard InChI is InChI=1S/C22H16N4O5/c27-26(28)20-21(23-11-14-5-8-18-19(9-14)30-13-29-18)24-12-25-22(20)31-17-7-6-15-3-1-2-4-16(15)10-17/h1-10,12H,11,13H2,(H,23,24,25). The van der Waals surface area contributed by atoms with Crippen LogP contribution in [0.1, 0.15) is 5.56 Å². The van der Waals surface area contributed by atoms with Crippen molar-refractivity contribution in [2.75, 3.05) is 12.1 Å². The molecular formula is C22H16N4O5. The molecule has 9 heteroatoms. The van der Waals surface area contributed by atoms with Crippen LogP contribution in [0, 0.1) is 10.1 Å². The first-order valence-corrected chi connectivity index (χ1v) is 9.46. The Balaban J connectivity index is 1.40. The van der Waals surface area contributed by atoms with Crippen molar-refractivity contribution in [1.82, 2.24) is 9.97 Å². The third-order valence-corrected chi connectivity index (χ3v) is 4.80. The molecule has 0 atom stereocenters. The highest BCUT2D eigenvalue weighted by molar-refractivity contribution is 5.83. The summed E-state index contributed by atoms with van der Waals surface area (Å²) >= 11 is 0. The summed E-state index contributed by atoms with van der Waals surface area (Å²) in [5, 5.41) is 16.8. The third kappa shape index (κ3) is 3.76. The van der Waals surface area contributed by atoms with Crippen LogP contribution in [0.4, 0.5) is 11.5 Å². The first kappa shape index (κ1) is 18.6. The van der Waals surface area contributed by atoms with Crippen LogP contribution in [0.5, 0.6) is 23.1 Å². The molecule has 5 rings (SSSR count). The molecule has 0 aliphatic carbocycles. The van der Waals surface area contributed by atoms with Crippen molar-refractivity contribution in [3.8, 4) is 23.1 Å². The van der Waals surface area contributed by atoms with Gasteiger partial charge in [-0.05, 0) is 40.6 Å². The highest BCUT2D eigenvalue weighted by Gasteiger charge is 2.25. The number of nitro groups is 1. The maximum atomic E-state index is 11.8. The van der Waals surface area contributed by atoms with Gasteiger partial charge in [-0.15, -0.1) is 0 Å². The molecule has 0 amide bonds. The molecule has 2 heterocycles. The van der Waals surface area contributed by atoms with Gasteiger partial charge in [0.15, 0.2) is 11.5 Å². The second-order valence-corrected chi connectivity index (χ2v) is 6.79. The zero-order valence-corrected chi connectivity index (χ0v) is 16.1. The Labute approximate surface area is 176 Å². The average Bonchev–Trinajstić information content (AvgIpc) is 3.25. The Hall–Kier alpha value is -4.40. The number of nitrogens with zero attached hydrogens (tertiary/aromatic N) is 3. The SMILES string of the molecule is O=[N+]([O-])c1c(NCc2ccc3c(c2)OCO3)ncnc1Oc1ccc2ccccc2c1. The minimum atomic E-state index is -0.557. The summed E-state index contributed by atoms with van der Waals surface area (Å²) < 4.78 is 16.4. The van der Waals surface area contributed by atoms with Crippen molar-refractivity contribution in [3.63, 3.8) is 0 Å². The minimum Gasteiger partial charge on any atom is -0.454 e. The van der Waals surface area contributed by atoms with Gasteiger partial charge in [0.1, 0.15) is 12.1 Å². The number of nitrogens with one attached hydrogen (secondary N) is 1. The van der Waals surface area contributed by atoms with Gasteiger partial charge in [-0.2, -0.15) is 4.98 Å². The zero-order valence-electron chi connectivity index (χ0n) is 16.1. The summed E-state index contributed by atoms with van der Waals surface area (Å²) in [5.41, 5.74) is 0.519. The van der Waals surface area contributed by atoms with Crippen LogP contribution < -0.4 is 19.5 Å². The van der Waals surface area contributed by atoms with Crippen molar-refractivity contribution in [3.05, 3.63) is 82.7 Å². The quantitative estimate of drug-likeness (QED) is 0.357. The van der Waals surface area contributed by atoms with Gasteiger partial charge in [-0.1, -0.05) is 36.4 Å². The summed E-state index contributed by atoms with van der Waals surface area (Å²) in [7, 11) is 0. The second kappa shape index (κ2) is 7.79. The lowest BCUT2D eigenvalue weighted by atomic mass is 10.1. The number of benzene rings is 3. The fourth-order valence-corrected chi connectivity index (χ4v) is 3.31. The van der Waals surface area contributed by atoms with E-state index in [2.05, 4.69) is 15.3 Å². The molecule has 1 aromatic heterocycles. The van der Waals surface area contributed by atoms with E-state index >= 15 is 0 Å². The summed E-state index contributed by atoms with van der Waals surface area (Å²) in [5.74, 6) is 1.68. The largest absolute Gasteiger partial charge is 0.454 e. The number of anilines is 1. The molecule has 154 valence electrons. The van der Waals surface area contributed by atoms with E-state index in [1.165, 1.54) is 6.33 Å². The first-order chi connectivity index (χ1) is 15.2. The van der Waals surface area contributed by atoms with Gasteiger partial charge >= 0.3 is 11.6 Å². The molecule has 0 saturated heterocycles. The first-order valence-electron chi connectivity index (χ1n) is 9.46. The predicted octanol–water partition coefficient (Wildman–Crippen LogP) is 4.67. The second-order valence-electron chi connectivity index (χ2n) is 6.79. The highest BCUT2D eigenvalue weighted by atomic mass is 16.7. The molecule has 0 radical (unpaired) electrons. The highest BCUT2D eigenvalue weighted by Crippen LogP contribution is 2.36. The molecule has 0 saturated carbocycles. The Morgan fingerprint density at radius 1 is 1.00 bits per heavy atom. The molecule has 0 fully saturated rings. The molecule has 0 spiro atoms. The molecule has 4 aromatic rings. The van der Waals surface area contributed by atoms with Crippen molar-refractivity contribution in [1.29, 1.82) is 0 Å². The van der Waals surface area contributed by atoms with Crippen LogP contribution in [0.2, 0.25) is 0 Å². The van der Waals surface area contributed by atoms with Crippen molar-refractivity contribution >= 4 is 22.3 Å². The van der Waals surface area contributed by atoms with Crippen LogP contribution in [0.3, 0.4) is 0 Å². The van der Waals surface area contributed by atoms with Gasteiger partial charge in [0.25, 0.3) is 0 Å². The Morgan fingerprint density at radius 3 is 2.71 bits per heavy atom. The fraction of sp³-hybridized carbons (Fsp3) is 0.0909. The van der Waals surface area contributed by atoms with Crippen molar-refractivity contribution in [2.24, 2.45) is 0 Å². The van der Waals surface area contributed by atoms with E-state index in [1.807, 2.05) is 42.5 Å². The molecule has 0 unspecified atom stereocenters. The van der Waals surface area contributed by atoms with Crippen LogP contribution >= 0.6 is 0 Å². The molecule has 1 aliphatic rings. The van der Waals surface area contributed by atoms with Gasteiger partial charge in [0, 0.05) is 6.54 Å². The smallest absolute Gasteiger partial charge is 0.373 e. The van der Waals surface area contributed by atoms with Gasteiger partial charge in [-0.25, -0.2) is 4.98 Å². The topological polar surface area (TPSA) is 109 Å². The summed E-state index contributed by atoms with van der Waals surface area (Å²) in [6.45, 7) is 0.475. The van der Waals surface area contributed by atoms with Crippen molar-refractivity contribution < 1.29 is 19.1 Å². The normalized spacial score (nSPS) is 12.0. The lowest BCUT2D eigenvalue weighted by Crippen LogP contribution is -2.07. The van der Waals surface area contributed by atoms with E-state index in [0.717, 1.165) is 16.3 Å². The maximum absolute atomic E-state index is 11.8. The Bertz CT molecular complexity index is 1290.